The van der Waals surface area contributed by atoms with Crippen molar-refractivity contribution in [3.8, 4) is 0 Å². The molecule has 3 heteroatoms. The summed E-state index contributed by atoms with van der Waals surface area (Å²) < 4.78 is 19.1. The van der Waals surface area contributed by atoms with Crippen molar-refractivity contribution in [2.45, 2.75) is 341 Å². The average molecular weight is 886 g/mol. The highest BCUT2D eigenvalue weighted by Gasteiger charge is 2.27. The van der Waals surface area contributed by atoms with Gasteiger partial charge in [0, 0.05) is 19.8 Å². The fraction of sp³-hybridized carbons (Fsp3) is 1.00. The zero-order valence-corrected chi connectivity index (χ0v) is 43.6. The number of hydrogen-bond donors (Lipinski definition) is 0. The van der Waals surface area contributed by atoms with Crippen LogP contribution in [-0.4, -0.2) is 38.1 Å². The summed E-state index contributed by atoms with van der Waals surface area (Å²) in [4.78, 5) is 0. The summed E-state index contributed by atoms with van der Waals surface area (Å²) in [5.74, 6) is 3.50. The zero-order valence-electron chi connectivity index (χ0n) is 43.6. The molecule has 3 aliphatic heterocycles. The summed E-state index contributed by atoms with van der Waals surface area (Å²) in [7, 11) is 0. The fourth-order valence-electron chi connectivity index (χ4n) is 12.4. The van der Waals surface area contributed by atoms with E-state index >= 15 is 0 Å². The van der Waals surface area contributed by atoms with E-state index in [2.05, 4.69) is 20.8 Å². The summed E-state index contributed by atoms with van der Waals surface area (Å²) in [5, 5.41) is 0. The largest absolute Gasteiger partial charge is 0.378 e. The van der Waals surface area contributed by atoms with Crippen LogP contribution in [0.3, 0.4) is 0 Å². The normalized spacial score (nSPS) is 23.2. The SMILES string of the molecule is CCCCCCCC[C@H]1OCCC[C@@H]1CCCCCCCC(CCCCCCC[C@H]1CCCO[C@@H]1CCCCCCCC)CCCCCC[C@H]1CCCO[C@@H]1CCCCCCCC. The Balaban J connectivity index is 1.31. The molecule has 0 aliphatic carbocycles. The third kappa shape index (κ3) is 30.1. The Labute approximate surface area is 397 Å². The van der Waals surface area contributed by atoms with Crippen LogP contribution in [0.15, 0.2) is 0 Å². The van der Waals surface area contributed by atoms with E-state index in [1.165, 1.54) is 302 Å². The number of hydrogen-bond acceptors (Lipinski definition) is 3. The summed E-state index contributed by atoms with van der Waals surface area (Å²) in [6, 6.07) is 0. The van der Waals surface area contributed by atoms with Crippen molar-refractivity contribution in [3.05, 3.63) is 0 Å². The van der Waals surface area contributed by atoms with Gasteiger partial charge < -0.3 is 14.2 Å². The summed E-state index contributed by atoms with van der Waals surface area (Å²) >= 11 is 0. The summed E-state index contributed by atoms with van der Waals surface area (Å²) in [6.45, 7) is 10.0. The van der Waals surface area contributed by atoms with Crippen LogP contribution < -0.4 is 0 Å². The third-order valence-corrected chi connectivity index (χ3v) is 16.6. The minimum absolute atomic E-state index is 0.565. The van der Waals surface area contributed by atoms with E-state index in [1.54, 1.807) is 0 Å². The molecule has 3 nitrogen and oxygen atoms in total. The molecule has 0 N–H and O–H groups in total. The molecular weight excluding hydrogens is 769 g/mol. The highest BCUT2D eigenvalue weighted by atomic mass is 16.5. The molecule has 0 amide bonds. The van der Waals surface area contributed by atoms with Gasteiger partial charge in [0.15, 0.2) is 0 Å². The first-order chi connectivity index (χ1) is 31.2. The number of unbranched alkanes of at least 4 members (excludes halogenated alkanes) is 26. The first-order valence-corrected chi connectivity index (χ1v) is 30.1. The van der Waals surface area contributed by atoms with E-state index in [4.69, 9.17) is 14.2 Å². The van der Waals surface area contributed by atoms with Crippen molar-refractivity contribution in [3.63, 3.8) is 0 Å². The van der Waals surface area contributed by atoms with Crippen molar-refractivity contribution in [2.24, 2.45) is 23.7 Å². The molecular formula is C60H116O3. The summed E-state index contributed by atoms with van der Waals surface area (Å²) in [6.07, 6.45) is 68.2. The van der Waals surface area contributed by atoms with E-state index in [1.807, 2.05) is 0 Å². The van der Waals surface area contributed by atoms with Gasteiger partial charge in [0.05, 0.1) is 18.3 Å². The molecule has 0 unspecified atom stereocenters. The molecule has 0 aromatic rings. The molecule has 0 radical (unpaired) electrons. The minimum Gasteiger partial charge on any atom is -0.378 e. The van der Waals surface area contributed by atoms with E-state index in [0.717, 1.165) is 43.5 Å². The van der Waals surface area contributed by atoms with Crippen molar-refractivity contribution in [1.29, 1.82) is 0 Å². The van der Waals surface area contributed by atoms with Gasteiger partial charge in [0.2, 0.25) is 0 Å². The highest BCUT2D eigenvalue weighted by molar-refractivity contribution is 4.78. The molecule has 0 aromatic heterocycles. The van der Waals surface area contributed by atoms with Gasteiger partial charge >= 0.3 is 0 Å². The van der Waals surface area contributed by atoms with E-state index in [9.17, 15) is 0 Å². The van der Waals surface area contributed by atoms with Crippen LogP contribution in [0.25, 0.3) is 0 Å². The Hall–Kier alpha value is -0.120. The quantitative estimate of drug-likeness (QED) is 0.0571. The van der Waals surface area contributed by atoms with E-state index < -0.39 is 0 Å². The smallest absolute Gasteiger partial charge is 0.0603 e. The van der Waals surface area contributed by atoms with E-state index in [0.29, 0.717) is 18.3 Å². The lowest BCUT2D eigenvalue weighted by molar-refractivity contribution is -0.0353. The lowest BCUT2D eigenvalue weighted by atomic mass is 9.85. The van der Waals surface area contributed by atoms with Crippen molar-refractivity contribution < 1.29 is 14.2 Å². The lowest BCUT2D eigenvalue weighted by Crippen LogP contribution is -2.29. The van der Waals surface area contributed by atoms with Crippen LogP contribution in [0.4, 0.5) is 0 Å². The molecule has 3 saturated heterocycles. The molecule has 3 heterocycles. The third-order valence-electron chi connectivity index (χ3n) is 16.6. The Morgan fingerprint density at radius 2 is 0.524 bits per heavy atom. The molecule has 0 aromatic carbocycles. The fourth-order valence-corrected chi connectivity index (χ4v) is 12.4. The maximum atomic E-state index is 6.37. The van der Waals surface area contributed by atoms with Crippen LogP contribution in [0.2, 0.25) is 0 Å². The number of rotatable bonds is 44. The molecule has 6 atom stereocenters. The van der Waals surface area contributed by atoms with E-state index in [-0.39, 0.29) is 0 Å². The number of ether oxygens (including phenoxy) is 3. The highest BCUT2D eigenvalue weighted by Crippen LogP contribution is 2.33. The van der Waals surface area contributed by atoms with Crippen molar-refractivity contribution >= 4 is 0 Å². The van der Waals surface area contributed by atoms with Crippen LogP contribution >= 0.6 is 0 Å². The van der Waals surface area contributed by atoms with Crippen LogP contribution in [0.1, 0.15) is 323 Å². The van der Waals surface area contributed by atoms with Gasteiger partial charge in [0.25, 0.3) is 0 Å². The maximum Gasteiger partial charge on any atom is 0.0603 e. The minimum atomic E-state index is 0.565. The molecule has 63 heavy (non-hydrogen) atoms. The average Bonchev–Trinajstić information content (AvgIpc) is 3.31. The lowest BCUT2D eigenvalue weighted by Gasteiger charge is -2.32. The van der Waals surface area contributed by atoms with Gasteiger partial charge in [-0.15, -0.1) is 0 Å². The van der Waals surface area contributed by atoms with Crippen LogP contribution in [-0.2, 0) is 14.2 Å². The predicted molar refractivity (Wildman–Crippen MR) is 277 cm³/mol. The second-order valence-corrected chi connectivity index (χ2v) is 22.2. The molecule has 374 valence electrons. The van der Waals surface area contributed by atoms with Gasteiger partial charge in [-0.05, 0) is 101 Å². The van der Waals surface area contributed by atoms with Crippen molar-refractivity contribution in [2.75, 3.05) is 19.8 Å². The van der Waals surface area contributed by atoms with Crippen molar-refractivity contribution in [1.82, 2.24) is 0 Å². The van der Waals surface area contributed by atoms with Gasteiger partial charge in [-0.3, -0.25) is 0 Å². The Bertz CT molecular complexity index is 886. The second-order valence-electron chi connectivity index (χ2n) is 22.2. The molecule has 0 spiro atoms. The van der Waals surface area contributed by atoms with Gasteiger partial charge in [-0.2, -0.15) is 0 Å². The van der Waals surface area contributed by atoms with Crippen LogP contribution in [0.5, 0.6) is 0 Å². The first-order valence-electron chi connectivity index (χ1n) is 30.1. The molecule has 0 saturated carbocycles. The Kier molecular flexibility index (Phi) is 38.2. The van der Waals surface area contributed by atoms with Gasteiger partial charge in [0.1, 0.15) is 0 Å². The van der Waals surface area contributed by atoms with Gasteiger partial charge in [-0.1, -0.05) is 245 Å². The predicted octanol–water partition coefficient (Wildman–Crippen LogP) is 20.0. The van der Waals surface area contributed by atoms with Gasteiger partial charge in [-0.25, -0.2) is 0 Å². The standard InChI is InChI=1S/C60H116O3/c1-4-7-10-13-22-33-48-58-55(45-36-51-61-58)42-30-20-16-18-27-39-54(41-29-25-26-32-44-57-47-38-53-63-60(57)50-35-24-15-12-9-6-3)40-28-19-17-21-31-43-56-46-37-52-62-59(56)49-34-23-14-11-8-5-2/h54-60H,4-53H2,1-3H3/t55-,56-,57-,58+,59+,60+/m0/s1. The first kappa shape index (κ1) is 57.2. The zero-order chi connectivity index (χ0) is 44.5. The topological polar surface area (TPSA) is 27.7 Å². The molecule has 0 bridgehead atoms. The van der Waals surface area contributed by atoms with Crippen LogP contribution in [0, 0.1) is 23.7 Å². The molecule has 3 rings (SSSR count). The molecule has 3 aliphatic rings. The molecule has 3 fully saturated rings. The maximum absolute atomic E-state index is 6.37. The Morgan fingerprint density at radius 3 is 0.810 bits per heavy atom. The second kappa shape index (κ2) is 42.0. The summed E-state index contributed by atoms with van der Waals surface area (Å²) in [5.41, 5.74) is 0. The Morgan fingerprint density at radius 1 is 0.286 bits per heavy atom. The monoisotopic (exact) mass is 885 g/mol.